The first-order valence-electron chi connectivity index (χ1n) is 7.37. The van der Waals surface area contributed by atoms with Crippen molar-refractivity contribution >= 4 is 51.5 Å². The van der Waals surface area contributed by atoms with Crippen LogP contribution in [0.15, 0.2) is 24.3 Å². The second-order valence-electron chi connectivity index (χ2n) is 5.75. The second kappa shape index (κ2) is 6.86. The minimum Gasteiger partial charge on any atom is -0.462 e. The van der Waals surface area contributed by atoms with Crippen molar-refractivity contribution in [1.82, 2.24) is 0 Å². The largest absolute Gasteiger partial charge is 0.462 e. The third-order valence-corrected chi connectivity index (χ3v) is 4.94. The monoisotopic (exact) mass is 372 g/mol. The highest BCUT2D eigenvalue weighted by Gasteiger charge is 2.27. The zero-order valence-corrected chi connectivity index (χ0v) is 14.5. The molecular weight excluding hydrogens is 359 g/mol. The number of benzene rings is 2. The number of carbonyl (C=O) groups is 1. The summed E-state index contributed by atoms with van der Waals surface area (Å²) in [6, 6.07) is 7.21. The standard InChI is InChI=1S/C17H15Cl3O3/c18-9-1-3-12-13(15(19)8-16(20)14(12)5-9)4-2-11-6-10(21)7-17(22)23-11/h1,3,5,8,10-11,21H,2,4,6-7H2/t10-,11-/m0/s1. The Hall–Kier alpha value is -1.00. The molecule has 0 bridgehead atoms. The average molecular weight is 374 g/mol. The summed E-state index contributed by atoms with van der Waals surface area (Å²) in [5.41, 5.74) is 0.943. The van der Waals surface area contributed by atoms with Crippen molar-refractivity contribution in [2.24, 2.45) is 0 Å². The molecule has 2 aromatic rings. The molecule has 1 N–H and O–H groups in total. The predicted molar refractivity (Wildman–Crippen MR) is 92.4 cm³/mol. The fourth-order valence-corrected chi connectivity index (χ4v) is 3.78. The van der Waals surface area contributed by atoms with Crippen molar-refractivity contribution in [1.29, 1.82) is 0 Å². The molecule has 0 amide bonds. The SMILES string of the molecule is O=C1C[C@@H](O)C[C@H](CCc2c(Cl)cc(Cl)c3cc(Cl)ccc23)O1. The molecular formula is C17H15Cl3O3. The summed E-state index contributed by atoms with van der Waals surface area (Å²) in [6.45, 7) is 0. The van der Waals surface area contributed by atoms with E-state index in [4.69, 9.17) is 39.5 Å². The molecule has 3 rings (SSSR count). The van der Waals surface area contributed by atoms with Crippen LogP contribution in [0.1, 0.15) is 24.8 Å². The van der Waals surface area contributed by atoms with Crippen molar-refractivity contribution in [3.05, 3.63) is 44.9 Å². The van der Waals surface area contributed by atoms with Crippen molar-refractivity contribution in [3.8, 4) is 0 Å². The van der Waals surface area contributed by atoms with Gasteiger partial charge in [0.05, 0.1) is 12.5 Å². The minimum absolute atomic E-state index is 0.0691. The van der Waals surface area contributed by atoms with Crippen molar-refractivity contribution in [2.45, 2.75) is 37.9 Å². The number of halogens is 3. The van der Waals surface area contributed by atoms with Crippen LogP contribution in [0.2, 0.25) is 15.1 Å². The molecule has 0 saturated carbocycles. The van der Waals surface area contributed by atoms with E-state index >= 15 is 0 Å². The number of aliphatic hydroxyl groups is 1. The molecule has 0 spiro atoms. The van der Waals surface area contributed by atoms with Crippen LogP contribution < -0.4 is 0 Å². The molecule has 1 aliphatic rings. The van der Waals surface area contributed by atoms with E-state index in [1.54, 1.807) is 12.1 Å². The van der Waals surface area contributed by atoms with Gasteiger partial charge >= 0.3 is 5.97 Å². The van der Waals surface area contributed by atoms with Crippen LogP contribution in [0.25, 0.3) is 10.8 Å². The summed E-state index contributed by atoms with van der Waals surface area (Å²) in [5, 5.41) is 13.2. The van der Waals surface area contributed by atoms with E-state index in [9.17, 15) is 9.90 Å². The minimum atomic E-state index is -0.627. The molecule has 1 saturated heterocycles. The van der Waals surface area contributed by atoms with Crippen LogP contribution >= 0.6 is 34.8 Å². The van der Waals surface area contributed by atoms with Gasteiger partial charge in [0, 0.05) is 26.9 Å². The van der Waals surface area contributed by atoms with Crippen LogP contribution in [0.5, 0.6) is 0 Å². The van der Waals surface area contributed by atoms with Gasteiger partial charge in [-0.15, -0.1) is 0 Å². The van der Waals surface area contributed by atoms with Crippen LogP contribution in [-0.4, -0.2) is 23.3 Å². The van der Waals surface area contributed by atoms with Gasteiger partial charge < -0.3 is 9.84 Å². The Kier molecular flexibility index (Phi) is 5.02. The fraction of sp³-hybridized carbons (Fsp3) is 0.353. The van der Waals surface area contributed by atoms with E-state index in [0.29, 0.717) is 34.3 Å². The van der Waals surface area contributed by atoms with E-state index in [0.717, 1.165) is 16.3 Å². The molecule has 0 aliphatic carbocycles. The van der Waals surface area contributed by atoms with Gasteiger partial charge in [-0.2, -0.15) is 0 Å². The van der Waals surface area contributed by atoms with Gasteiger partial charge in [-0.25, -0.2) is 0 Å². The summed E-state index contributed by atoms with van der Waals surface area (Å²) in [6.07, 6.45) is 0.832. The van der Waals surface area contributed by atoms with Gasteiger partial charge in [0.25, 0.3) is 0 Å². The van der Waals surface area contributed by atoms with Crippen LogP contribution in [0.4, 0.5) is 0 Å². The number of cyclic esters (lactones) is 1. The molecule has 122 valence electrons. The Labute approximate surface area is 149 Å². The van der Waals surface area contributed by atoms with E-state index in [1.807, 2.05) is 12.1 Å². The molecule has 2 aromatic carbocycles. The molecule has 0 unspecified atom stereocenters. The molecule has 6 heteroatoms. The molecule has 1 heterocycles. The van der Waals surface area contributed by atoms with Gasteiger partial charge in [-0.3, -0.25) is 4.79 Å². The maximum absolute atomic E-state index is 11.4. The third kappa shape index (κ3) is 3.74. The fourth-order valence-electron chi connectivity index (χ4n) is 2.98. The quantitative estimate of drug-likeness (QED) is 0.786. The molecule has 0 radical (unpaired) electrons. The number of esters is 1. The summed E-state index contributed by atoms with van der Waals surface area (Å²) >= 11 is 18.6. The number of hydrogen-bond donors (Lipinski definition) is 1. The number of fused-ring (bicyclic) bond motifs is 1. The van der Waals surface area contributed by atoms with Gasteiger partial charge in [0.15, 0.2) is 0 Å². The Morgan fingerprint density at radius 3 is 2.65 bits per heavy atom. The van der Waals surface area contributed by atoms with Gasteiger partial charge in [0.1, 0.15) is 6.10 Å². The first kappa shape index (κ1) is 16.8. The number of aryl methyl sites for hydroxylation is 1. The Morgan fingerprint density at radius 1 is 1.13 bits per heavy atom. The summed E-state index contributed by atoms with van der Waals surface area (Å²) in [4.78, 5) is 11.4. The Balaban J connectivity index is 1.86. The number of rotatable bonds is 3. The van der Waals surface area contributed by atoms with Crippen molar-refractivity contribution in [3.63, 3.8) is 0 Å². The van der Waals surface area contributed by atoms with E-state index in [1.165, 1.54) is 0 Å². The number of hydrogen-bond acceptors (Lipinski definition) is 3. The molecule has 0 aromatic heterocycles. The van der Waals surface area contributed by atoms with E-state index in [2.05, 4.69) is 0 Å². The smallest absolute Gasteiger partial charge is 0.308 e. The highest BCUT2D eigenvalue weighted by atomic mass is 35.5. The number of aliphatic hydroxyl groups excluding tert-OH is 1. The summed E-state index contributed by atoms with van der Waals surface area (Å²) in [7, 11) is 0. The lowest BCUT2D eigenvalue weighted by molar-refractivity contribution is -0.160. The zero-order chi connectivity index (χ0) is 16.6. The topological polar surface area (TPSA) is 46.5 Å². The lowest BCUT2D eigenvalue weighted by atomic mass is 9.96. The van der Waals surface area contributed by atoms with Gasteiger partial charge in [-0.1, -0.05) is 40.9 Å². The predicted octanol–water partition coefficient (Wildman–Crippen LogP) is 4.80. The summed E-state index contributed by atoms with van der Waals surface area (Å²) < 4.78 is 5.28. The molecule has 3 nitrogen and oxygen atoms in total. The van der Waals surface area contributed by atoms with E-state index in [-0.39, 0.29) is 18.5 Å². The van der Waals surface area contributed by atoms with Gasteiger partial charge in [0.2, 0.25) is 0 Å². The van der Waals surface area contributed by atoms with Crippen molar-refractivity contribution < 1.29 is 14.6 Å². The van der Waals surface area contributed by atoms with Crippen LogP contribution in [0, 0.1) is 0 Å². The number of carbonyl (C=O) groups excluding carboxylic acids is 1. The van der Waals surface area contributed by atoms with Crippen LogP contribution in [0.3, 0.4) is 0 Å². The molecule has 1 aliphatic heterocycles. The first-order valence-corrected chi connectivity index (χ1v) is 8.51. The zero-order valence-electron chi connectivity index (χ0n) is 12.2. The maximum atomic E-state index is 11.4. The van der Waals surface area contributed by atoms with Crippen LogP contribution in [-0.2, 0) is 16.0 Å². The Bertz CT molecular complexity index is 760. The van der Waals surface area contributed by atoms with Gasteiger partial charge in [-0.05, 0) is 42.0 Å². The lowest BCUT2D eigenvalue weighted by Crippen LogP contribution is -2.32. The Morgan fingerprint density at radius 2 is 1.91 bits per heavy atom. The lowest BCUT2D eigenvalue weighted by Gasteiger charge is -2.26. The highest BCUT2D eigenvalue weighted by Crippen LogP contribution is 2.35. The molecule has 23 heavy (non-hydrogen) atoms. The molecule has 1 fully saturated rings. The highest BCUT2D eigenvalue weighted by molar-refractivity contribution is 6.40. The summed E-state index contributed by atoms with van der Waals surface area (Å²) in [5.74, 6) is -0.354. The second-order valence-corrected chi connectivity index (χ2v) is 7.00. The third-order valence-electron chi connectivity index (χ3n) is 4.06. The molecule has 2 atom stereocenters. The van der Waals surface area contributed by atoms with Crippen molar-refractivity contribution in [2.75, 3.05) is 0 Å². The normalized spacial score (nSPS) is 21.5. The van der Waals surface area contributed by atoms with E-state index < -0.39 is 6.10 Å². The average Bonchev–Trinajstić information content (AvgIpc) is 2.46. The first-order chi connectivity index (χ1) is 10.9. The number of ether oxygens (including phenoxy) is 1. The maximum Gasteiger partial charge on any atom is 0.308 e.